The van der Waals surface area contributed by atoms with Crippen LogP contribution >= 0.6 is 23.2 Å². The van der Waals surface area contributed by atoms with Crippen LogP contribution < -0.4 is 4.90 Å². The monoisotopic (exact) mass is 497 g/mol. The number of nitrogens with zero attached hydrogens (tertiary/aromatic N) is 3. The van der Waals surface area contributed by atoms with Gasteiger partial charge in [-0.25, -0.2) is 0 Å². The Bertz CT molecular complexity index is 1170. The molecular formula is C23H20Cl2F3N3O2. The summed E-state index contributed by atoms with van der Waals surface area (Å²) in [6, 6.07) is 7.76. The van der Waals surface area contributed by atoms with Gasteiger partial charge in [-0.2, -0.15) is 18.4 Å². The molecule has 1 fully saturated rings. The van der Waals surface area contributed by atoms with Crippen molar-refractivity contribution in [2.75, 3.05) is 25.5 Å². The Labute approximate surface area is 198 Å². The highest BCUT2D eigenvalue weighted by Crippen LogP contribution is 2.52. The maximum atomic E-state index is 14.1. The molecular weight excluding hydrogens is 478 g/mol. The van der Waals surface area contributed by atoms with E-state index >= 15 is 0 Å². The van der Waals surface area contributed by atoms with E-state index in [1.165, 1.54) is 24.3 Å². The minimum absolute atomic E-state index is 0.0392. The van der Waals surface area contributed by atoms with E-state index in [-0.39, 0.29) is 39.3 Å². The Morgan fingerprint density at radius 2 is 1.91 bits per heavy atom. The molecule has 174 valence electrons. The zero-order valence-electron chi connectivity index (χ0n) is 17.7. The van der Waals surface area contributed by atoms with Crippen molar-refractivity contribution in [1.82, 2.24) is 4.90 Å². The molecule has 2 aromatic rings. The Kier molecular flexibility index (Phi) is 5.90. The van der Waals surface area contributed by atoms with E-state index in [2.05, 4.69) is 4.90 Å². The van der Waals surface area contributed by atoms with E-state index in [0.29, 0.717) is 12.1 Å². The molecule has 0 saturated heterocycles. The lowest BCUT2D eigenvalue weighted by Crippen LogP contribution is -2.48. The van der Waals surface area contributed by atoms with Crippen molar-refractivity contribution in [1.29, 1.82) is 5.26 Å². The van der Waals surface area contributed by atoms with Crippen LogP contribution in [0, 0.1) is 17.2 Å². The van der Waals surface area contributed by atoms with Gasteiger partial charge in [-0.3, -0.25) is 4.79 Å². The van der Waals surface area contributed by atoms with Gasteiger partial charge >= 0.3 is 6.18 Å². The van der Waals surface area contributed by atoms with E-state index in [0.717, 1.165) is 17.7 Å². The molecule has 4 rings (SSSR count). The number of rotatable bonds is 4. The highest BCUT2D eigenvalue weighted by Gasteiger charge is 2.57. The third kappa shape index (κ3) is 3.87. The first-order valence-electron chi connectivity index (χ1n) is 10.2. The number of amides is 1. The third-order valence-corrected chi connectivity index (χ3v) is 7.01. The van der Waals surface area contributed by atoms with Crippen LogP contribution in [0.2, 0.25) is 10.0 Å². The first kappa shape index (κ1) is 23.8. The Balaban J connectivity index is 1.91. The first-order chi connectivity index (χ1) is 15.4. The summed E-state index contributed by atoms with van der Waals surface area (Å²) >= 11 is 12.2. The number of benzene rings is 2. The van der Waals surface area contributed by atoms with Crippen LogP contribution in [0.3, 0.4) is 0 Å². The van der Waals surface area contributed by atoms with E-state index < -0.39 is 28.8 Å². The number of hydrogen-bond donors (Lipinski definition) is 1. The highest BCUT2D eigenvalue weighted by molar-refractivity contribution is 6.35. The van der Waals surface area contributed by atoms with Crippen molar-refractivity contribution in [2.24, 2.45) is 5.92 Å². The molecule has 0 radical (unpaired) electrons. The largest absolute Gasteiger partial charge is 0.416 e. The minimum Gasteiger partial charge on any atom is -0.372 e. The predicted molar refractivity (Wildman–Crippen MR) is 118 cm³/mol. The van der Waals surface area contributed by atoms with Crippen molar-refractivity contribution < 1.29 is 23.1 Å². The molecule has 5 nitrogen and oxygen atoms in total. The molecule has 2 aliphatic rings. The second-order valence-corrected chi connectivity index (χ2v) is 9.58. The van der Waals surface area contributed by atoms with Gasteiger partial charge in [0.1, 0.15) is 0 Å². The quantitative estimate of drug-likeness (QED) is 0.658. The number of carbonyl (C=O) groups is 1. The number of fused-ring (bicyclic) bond motifs is 1. The van der Waals surface area contributed by atoms with Crippen molar-refractivity contribution in [2.45, 2.75) is 30.7 Å². The second-order valence-electron chi connectivity index (χ2n) is 8.73. The van der Waals surface area contributed by atoms with Gasteiger partial charge in [0.05, 0.1) is 22.9 Å². The van der Waals surface area contributed by atoms with Gasteiger partial charge in [-0.1, -0.05) is 29.3 Å². The smallest absolute Gasteiger partial charge is 0.372 e. The normalized spacial score (nSPS) is 24.6. The van der Waals surface area contributed by atoms with E-state index in [1.807, 2.05) is 14.1 Å². The van der Waals surface area contributed by atoms with Gasteiger partial charge in [0, 0.05) is 33.8 Å². The van der Waals surface area contributed by atoms with Gasteiger partial charge in [0.15, 0.2) is 5.60 Å². The van der Waals surface area contributed by atoms with Crippen LogP contribution in [0.4, 0.5) is 18.9 Å². The molecule has 1 saturated carbocycles. The molecule has 2 aromatic carbocycles. The summed E-state index contributed by atoms with van der Waals surface area (Å²) in [6.07, 6.45) is -3.40. The average molecular weight is 498 g/mol. The van der Waals surface area contributed by atoms with E-state index in [1.54, 1.807) is 6.07 Å². The van der Waals surface area contributed by atoms with Crippen LogP contribution in [-0.2, 0) is 16.6 Å². The number of hydrogen-bond acceptors (Lipinski definition) is 4. The molecule has 1 aliphatic heterocycles. The Hall–Kier alpha value is -2.31. The predicted octanol–water partition coefficient (Wildman–Crippen LogP) is 4.81. The van der Waals surface area contributed by atoms with Crippen LogP contribution in [-0.4, -0.2) is 42.6 Å². The molecule has 1 amide bonds. The van der Waals surface area contributed by atoms with Gasteiger partial charge in [0.2, 0.25) is 0 Å². The third-order valence-electron chi connectivity index (χ3n) is 6.46. The molecule has 0 spiro atoms. The van der Waals surface area contributed by atoms with E-state index in [4.69, 9.17) is 23.2 Å². The number of halogens is 5. The molecule has 10 heteroatoms. The second kappa shape index (κ2) is 8.17. The summed E-state index contributed by atoms with van der Waals surface area (Å²) < 4.78 is 42.3. The van der Waals surface area contributed by atoms with Crippen LogP contribution in [0.5, 0.6) is 0 Å². The fourth-order valence-electron chi connectivity index (χ4n) is 4.66. The number of carbonyl (C=O) groups excluding carboxylic acids is 1. The van der Waals surface area contributed by atoms with Crippen molar-refractivity contribution in [3.8, 4) is 6.07 Å². The van der Waals surface area contributed by atoms with Crippen LogP contribution in [0.25, 0.3) is 0 Å². The molecule has 1 unspecified atom stereocenters. The summed E-state index contributed by atoms with van der Waals surface area (Å²) in [7, 11) is 3.88. The SMILES string of the molecule is CN(C)C1CC(CN2C(=O)C(O)(c3ccc(Cl)cc3Cl)c3c2cc(C#N)cc3C(F)(F)F)C1. The highest BCUT2D eigenvalue weighted by atomic mass is 35.5. The number of nitriles is 1. The summed E-state index contributed by atoms with van der Waals surface area (Å²) in [5.41, 5.74) is -5.14. The van der Waals surface area contributed by atoms with Crippen molar-refractivity contribution >= 4 is 34.8 Å². The molecule has 1 atom stereocenters. The first-order valence-corrected chi connectivity index (χ1v) is 11.0. The fourth-order valence-corrected chi connectivity index (χ4v) is 5.21. The van der Waals surface area contributed by atoms with Gasteiger partial charge < -0.3 is 14.9 Å². The minimum atomic E-state index is -4.92. The lowest BCUT2D eigenvalue weighted by atomic mass is 9.79. The van der Waals surface area contributed by atoms with E-state index in [9.17, 15) is 28.3 Å². The number of anilines is 1. The van der Waals surface area contributed by atoms with Crippen LogP contribution in [0.1, 0.15) is 35.1 Å². The Morgan fingerprint density at radius 1 is 1.24 bits per heavy atom. The average Bonchev–Trinajstić information content (AvgIpc) is 2.90. The van der Waals surface area contributed by atoms with Crippen molar-refractivity contribution in [3.05, 3.63) is 62.6 Å². The molecule has 33 heavy (non-hydrogen) atoms. The molecule has 1 N–H and O–H groups in total. The molecule has 1 heterocycles. The van der Waals surface area contributed by atoms with Gasteiger partial charge in [-0.15, -0.1) is 0 Å². The number of alkyl halides is 3. The number of aliphatic hydroxyl groups is 1. The van der Waals surface area contributed by atoms with Gasteiger partial charge in [-0.05, 0) is 57.1 Å². The fraction of sp³-hybridized carbons (Fsp3) is 0.391. The summed E-state index contributed by atoms with van der Waals surface area (Å²) in [5.74, 6) is -0.895. The zero-order chi connectivity index (χ0) is 24.3. The molecule has 1 aliphatic carbocycles. The lowest BCUT2D eigenvalue weighted by Gasteiger charge is -2.41. The molecule has 0 aromatic heterocycles. The maximum Gasteiger partial charge on any atom is 0.416 e. The van der Waals surface area contributed by atoms with Crippen LogP contribution in [0.15, 0.2) is 30.3 Å². The molecule has 0 bridgehead atoms. The maximum absolute atomic E-state index is 14.1. The summed E-state index contributed by atoms with van der Waals surface area (Å²) in [6.45, 7) is 0.121. The van der Waals surface area contributed by atoms with Gasteiger partial charge in [0.25, 0.3) is 5.91 Å². The summed E-state index contributed by atoms with van der Waals surface area (Å²) in [5, 5.41) is 21.1. The van der Waals surface area contributed by atoms with Crippen molar-refractivity contribution in [3.63, 3.8) is 0 Å². The summed E-state index contributed by atoms with van der Waals surface area (Å²) in [4.78, 5) is 16.8. The lowest BCUT2D eigenvalue weighted by molar-refractivity contribution is -0.142. The topological polar surface area (TPSA) is 67.6 Å². The Morgan fingerprint density at radius 3 is 2.45 bits per heavy atom. The zero-order valence-corrected chi connectivity index (χ0v) is 19.3. The standard InChI is InChI=1S/C23H20Cl2F3N3O2/c1-30(2)15-5-13(6-15)11-31-19-8-12(10-29)7-17(23(26,27)28)20(19)22(33,21(31)32)16-4-3-14(24)9-18(16)25/h3-4,7-9,13,15,33H,5-6,11H2,1-2H3.